The Labute approximate surface area is 139 Å². The number of allylic oxidation sites excluding steroid dienone is 2. The quantitative estimate of drug-likeness (QED) is 0.517. The summed E-state index contributed by atoms with van der Waals surface area (Å²) in [6.45, 7) is 1.86. The minimum atomic E-state index is -4.71. The number of hydrogen-bond acceptors (Lipinski definition) is 4. The molecule has 0 spiro atoms. The van der Waals surface area contributed by atoms with Crippen molar-refractivity contribution in [2.45, 2.75) is 25.4 Å². The lowest BCUT2D eigenvalue weighted by molar-refractivity contribution is 0.122. The van der Waals surface area contributed by atoms with Crippen LogP contribution in [0, 0.1) is 5.92 Å². The number of aliphatic hydroxyl groups is 2. The normalized spacial score (nSPS) is 22.2. The Morgan fingerprint density at radius 3 is 2.58 bits per heavy atom. The Kier molecular flexibility index (Phi) is 5.62. The smallest absolute Gasteiger partial charge is 0.448 e. The maximum Gasteiger partial charge on any atom is 0.448 e. The molecule has 1 aliphatic rings. The molecule has 24 heavy (non-hydrogen) atoms. The van der Waals surface area contributed by atoms with E-state index < -0.39 is 19.8 Å². The number of aromatic hydroxyl groups is 1. The Hall–Kier alpha value is -1.92. The molecule has 3 atom stereocenters. The molecular weight excluding hydrogens is 333 g/mol. The lowest BCUT2D eigenvalue weighted by Gasteiger charge is -2.29. The summed E-state index contributed by atoms with van der Waals surface area (Å²) in [5, 5.41) is 29.9. The van der Waals surface area contributed by atoms with Crippen molar-refractivity contribution < 1.29 is 29.7 Å². The molecule has 0 aliphatic heterocycles. The van der Waals surface area contributed by atoms with Gasteiger partial charge in [0.25, 0.3) is 0 Å². The predicted octanol–water partition coefficient (Wildman–Crippen LogP) is 2.41. The van der Waals surface area contributed by atoms with Gasteiger partial charge in [-0.25, -0.2) is 4.57 Å². The first-order chi connectivity index (χ1) is 11.2. The molecule has 1 aromatic rings. The van der Waals surface area contributed by atoms with Gasteiger partial charge in [0.15, 0.2) is 0 Å². The molecule has 0 radical (unpaired) electrons. The highest BCUT2D eigenvalue weighted by atomic mass is 31.2. The van der Waals surface area contributed by atoms with E-state index in [-0.39, 0.29) is 23.1 Å². The minimum absolute atomic E-state index is 0.0685. The lowest BCUT2D eigenvalue weighted by atomic mass is 9.80. The van der Waals surface area contributed by atoms with Crippen LogP contribution in [0.25, 0.3) is 0 Å². The first-order valence-electron chi connectivity index (χ1n) is 7.43. The number of rotatable bonds is 5. The molecule has 1 aliphatic carbocycles. The summed E-state index contributed by atoms with van der Waals surface area (Å²) in [4.78, 5) is 18.2. The van der Waals surface area contributed by atoms with Crippen molar-refractivity contribution in [2.24, 2.45) is 10.7 Å². The highest BCUT2D eigenvalue weighted by molar-refractivity contribution is 7.50. The molecule has 0 saturated heterocycles. The maximum absolute atomic E-state index is 11.2. The molecule has 130 valence electrons. The molecule has 0 aromatic heterocycles. The number of nitrogens with zero attached hydrogens (tertiary/aromatic N) is 1. The van der Waals surface area contributed by atoms with Gasteiger partial charge < -0.3 is 25.1 Å². The third-order valence-electron chi connectivity index (χ3n) is 3.88. The van der Waals surface area contributed by atoms with Crippen molar-refractivity contribution in [1.82, 2.24) is 0 Å². The van der Waals surface area contributed by atoms with Crippen LogP contribution in [0.15, 0.2) is 53.0 Å². The van der Waals surface area contributed by atoms with E-state index in [0.29, 0.717) is 12.0 Å². The molecule has 0 amide bonds. The summed E-state index contributed by atoms with van der Waals surface area (Å²) in [5.41, 5.74) is 0.613. The summed E-state index contributed by atoms with van der Waals surface area (Å²) < 4.78 is 14.5. The average molecular weight is 353 g/mol. The molecule has 7 nitrogen and oxygen atoms in total. The molecule has 0 saturated carbocycles. The summed E-state index contributed by atoms with van der Waals surface area (Å²) in [5.74, 6) is -1.31. The van der Waals surface area contributed by atoms with Gasteiger partial charge in [0, 0.05) is 17.9 Å². The predicted molar refractivity (Wildman–Crippen MR) is 90.0 cm³/mol. The van der Waals surface area contributed by atoms with E-state index in [1.165, 1.54) is 24.3 Å². The number of hydrogen-bond donors (Lipinski definition) is 5. The van der Waals surface area contributed by atoms with Crippen LogP contribution >= 0.6 is 7.75 Å². The van der Waals surface area contributed by atoms with Crippen LogP contribution in [0.2, 0.25) is 0 Å². The molecule has 2 rings (SSSR count). The molecule has 1 aromatic carbocycles. The van der Waals surface area contributed by atoms with E-state index in [1.54, 1.807) is 12.1 Å². The van der Waals surface area contributed by atoms with E-state index in [9.17, 15) is 19.9 Å². The second-order valence-electron chi connectivity index (χ2n) is 5.59. The minimum Gasteiger partial charge on any atom is -0.508 e. The largest absolute Gasteiger partial charge is 0.508 e. The number of benzene rings is 1. The fraction of sp³-hybridized carbons (Fsp3) is 0.312. The van der Waals surface area contributed by atoms with E-state index >= 15 is 0 Å². The maximum atomic E-state index is 11.2. The Morgan fingerprint density at radius 1 is 1.29 bits per heavy atom. The van der Waals surface area contributed by atoms with Crippen LogP contribution in [0.1, 0.15) is 24.8 Å². The van der Waals surface area contributed by atoms with Gasteiger partial charge in [-0.3, -0.25) is 0 Å². The van der Waals surface area contributed by atoms with Crippen LogP contribution < -0.4 is 0 Å². The third-order valence-corrected chi connectivity index (χ3v) is 4.37. The summed E-state index contributed by atoms with van der Waals surface area (Å²) in [6, 6.07) is 6.48. The van der Waals surface area contributed by atoms with Gasteiger partial charge in [0.2, 0.25) is 0 Å². The zero-order valence-electron chi connectivity index (χ0n) is 13.0. The standard InChI is InChI=1S/C16H20NO6P/c1-2-13(10-4-3-5-11(18)8-10)16(20)14-7-6-12(19)9-15(14)17-24(21,22)23/h3-9,13-14,16,18-20H,2H2,1H3,(H2,21,22,23)/b17-15+. The fourth-order valence-corrected chi connectivity index (χ4v) is 3.30. The molecule has 0 heterocycles. The van der Waals surface area contributed by atoms with Gasteiger partial charge in [-0.05, 0) is 30.2 Å². The van der Waals surface area contributed by atoms with Crippen molar-refractivity contribution >= 4 is 13.5 Å². The van der Waals surface area contributed by atoms with Gasteiger partial charge in [-0.2, -0.15) is 4.76 Å². The average Bonchev–Trinajstić information content (AvgIpc) is 2.46. The Morgan fingerprint density at radius 2 is 2.00 bits per heavy atom. The van der Waals surface area contributed by atoms with Gasteiger partial charge in [-0.15, -0.1) is 0 Å². The zero-order chi connectivity index (χ0) is 17.9. The first-order valence-corrected chi connectivity index (χ1v) is 8.99. The molecule has 0 fully saturated rings. The molecule has 3 unspecified atom stereocenters. The zero-order valence-corrected chi connectivity index (χ0v) is 13.9. The molecule has 5 N–H and O–H groups in total. The topological polar surface area (TPSA) is 131 Å². The third kappa shape index (κ3) is 4.55. The lowest BCUT2D eigenvalue weighted by Crippen LogP contribution is -2.32. The van der Waals surface area contributed by atoms with Crippen LogP contribution in [0.4, 0.5) is 0 Å². The SMILES string of the molecule is CCC(c1cccc(O)c1)C(O)C1C=CC(O)=C/C1=N\P(=O)(O)O. The highest BCUT2D eigenvalue weighted by Crippen LogP contribution is 2.40. The molecule has 0 bridgehead atoms. The number of phenolic OH excluding ortho intramolecular Hbond substituents is 1. The van der Waals surface area contributed by atoms with Crippen molar-refractivity contribution in [3.63, 3.8) is 0 Å². The van der Waals surface area contributed by atoms with Crippen LogP contribution in [0.5, 0.6) is 5.75 Å². The first kappa shape index (κ1) is 18.4. The van der Waals surface area contributed by atoms with Crippen LogP contribution in [-0.4, -0.2) is 36.9 Å². The van der Waals surface area contributed by atoms with Crippen LogP contribution in [-0.2, 0) is 4.57 Å². The van der Waals surface area contributed by atoms with Crippen molar-refractivity contribution in [1.29, 1.82) is 0 Å². The van der Waals surface area contributed by atoms with Crippen molar-refractivity contribution in [3.8, 4) is 5.75 Å². The van der Waals surface area contributed by atoms with Crippen LogP contribution in [0.3, 0.4) is 0 Å². The monoisotopic (exact) mass is 353 g/mol. The summed E-state index contributed by atoms with van der Waals surface area (Å²) in [7, 11) is -4.71. The Bertz CT molecular complexity index is 736. The summed E-state index contributed by atoms with van der Waals surface area (Å²) >= 11 is 0. The van der Waals surface area contributed by atoms with Gasteiger partial charge in [0.05, 0.1) is 11.8 Å². The van der Waals surface area contributed by atoms with E-state index in [0.717, 1.165) is 6.08 Å². The fourth-order valence-electron chi connectivity index (χ4n) is 2.81. The number of phenols is 1. The summed E-state index contributed by atoms with van der Waals surface area (Å²) in [6.07, 6.45) is 3.43. The van der Waals surface area contributed by atoms with E-state index in [4.69, 9.17) is 9.79 Å². The second kappa shape index (κ2) is 7.32. The Balaban J connectivity index is 2.38. The van der Waals surface area contributed by atoms with Gasteiger partial charge >= 0.3 is 7.75 Å². The highest BCUT2D eigenvalue weighted by Gasteiger charge is 2.32. The van der Waals surface area contributed by atoms with Gasteiger partial charge in [0.1, 0.15) is 11.5 Å². The number of aliphatic hydroxyl groups excluding tert-OH is 2. The van der Waals surface area contributed by atoms with Gasteiger partial charge in [-0.1, -0.05) is 25.1 Å². The molecular formula is C16H20NO6P. The van der Waals surface area contributed by atoms with E-state index in [2.05, 4.69) is 4.76 Å². The van der Waals surface area contributed by atoms with Crippen molar-refractivity contribution in [3.05, 3.63) is 53.8 Å². The van der Waals surface area contributed by atoms with E-state index in [1.807, 2.05) is 6.92 Å². The second-order valence-corrected chi connectivity index (χ2v) is 6.82. The van der Waals surface area contributed by atoms with Crippen molar-refractivity contribution in [2.75, 3.05) is 0 Å². The molecule has 8 heteroatoms.